The molecule has 1 heterocycles. The van der Waals surface area contributed by atoms with Crippen LogP contribution < -0.4 is 5.73 Å². The van der Waals surface area contributed by atoms with Gasteiger partial charge in [-0.05, 0) is 30.2 Å². The topological polar surface area (TPSA) is 88.5 Å². The molecule has 5 nitrogen and oxygen atoms in total. The van der Waals surface area contributed by atoms with E-state index in [0.717, 1.165) is 11.1 Å². The molecule has 25 heavy (non-hydrogen) atoms. The Balaban J connectivity index is 0.00000109. The van der Waals surface area contributed by atoms with Crippen molar-refractivity contribution >= 4 is 18.6 Å². The van der Waals surface area contributed by atoms with Crippen LogP contribution in [-0.2, 0) is 4.74 Å². The Morgan fingerprint density at radius 3 is 2.48 bits per heavy atom. The lowest BCUT2D eigenvalue weighted by Gasteiger charge is -2.14. The summed E-state index contributed by atoms with van der Waals surface area (Å²) in [6.07, 6.45) is 0. The van der Waals surface area contributed by atoms with E-state index in [2.05, 4.69) is 18.1 Å². The highest BCUT2D eigenvalue weighted by molar-refractivity contribution is 6.95. The van der Waals surface area contributed by atoms with Crippen LogP contribution in [0.4, 0.5) is 4.79 Å². The quantitative estimate of drug-likeness (QED) is 0.690. The van der Waals surface area contributed by atoms with Crippen molar-refractivity contribution in [2.24, 2.45) is 10.6 Å². The molecule has 1 aliphatic rings. The summed E-state index contributed by atoms with van der Waals surface area (Å²) in [7, 11) is 0. The lowest BCUT2D eigenvalue weighted by molar-refractivity contribution is 0.224. The molecule has 0 fully saturated rings. The van der Waals surface area contributed by atoms with Crippen molar-refractivity contribution in [1.82, 2.24) is 0 Å². The van der Waals surface area contributed by atoms with Crippen molar-refractivity contribution < 1.29 is 9.53 Å². The maximum atomic E-state index is 11.5. The number of hydrogen-bond acceptors (Lipinski definition) is 5. The number of cyclic esters (lactones) is 1. The van der Waals surface area contributed by atoms with Crippen LogP contribution in [0.2, 0.25) is 0 Å². The number of nitrogens with zero attached hydrogens (tertiary/aromatic N) is 2. The first-order valence-electron chi connectivity index (χ1n) is 7.70. The molecule has 0 saturated carbocycles. The van der Waals surface area contributed by atoms with Crippen molar-refractivity contribution in [3.8, 4) is 5.97 Å². The van der Waals surface area contributed by atoms with E-state index in [1.807, 2.05) is 49.4 Å². The lowest BCUT2D eigenvalue weighted by atomic mass is 9.66. The first-order chi connectivity index (χ1) is 12.1. The van der Waals surface area contributed by atoms with Gasteiger partial charge in [0.2, 0.25) is 5.90 Å². The Morgan fingerprint density at radius 2 is 1.88 bits per heavy atom. The Bertz CT molecular complexity index is 840. The van der Waals surface area contributed by atoms with Gasteiger partial charge in [0.15, 0.2) is 0 Å². The average molecular weight is 331 g/mol. The van der Waals surface area contributed by atoms with E-state index in [-0.39, 0.29) is 11.9 Å². The van der Waals surface area contributed by atoms with Gasteiger partial charge < -0.3 is 10.5 Å². The Hall–Kier alpha value is -3.17. The number of nitriles is 1. The van der Waals surface area contributed by atoms with Gasteiger partial charge in [-0.15, -0.1) is 13.2 Å². The number of rotatable bonds is 3. The summed E-state index contributed by atoms with van der Waals surface area (Å²) >= 11 is 0. The number of nitrogens with two attached hydrogens (primary N) is 1. The molecule has 0 amide bonds. The van der Waals surface area contributed by atoms with Crippen molar-refractivity contribution in [3.05, 3.63) is 83.9 Å². The largest absolute Gasteiger partial charge is 0.524 e. The highest BCUT2D eigenvalue weighted by Gasteiger charge is 2.35. The van der Waals surface area contributed by atoms with Crippen molar-refractivity contribution in [2.75, 3.05) is 0 Å². The van der Waals surface area contributed by atoms with Gasteiger partial charge in [0.1, 0.15) is 0 Å². The summed E-state index contributed by atoms with van der Waals surface area (Å²) < 4.78 is 5.05. The number of benzene rings is 2. The van der Waals surface area contributed by atoms with E-state index in [9.17, 15) is 4.79 Å². The molecule has 0 aliphatic carbocycles. The number of ether oxygens (including phenoxy) is 1. The summed E-state index contributed by atoms with van der Waals surface area (Å²) in [6, 6.07) is 15.1. The molecule has 2 N–H and O–H groups in total. The van der Waals surface area contributed by atoms with Crippen LogP contribution in [0, 0.1) is 18.2 Å². The second-order valence-corrected chi connectivity index (χ2v) is 5.40. The highest BCUT2D eigenvalue weighted by Crippen LogP contribution is 2.22. The minimum absolute atomic E-state index is 0.166. The molecular weight excluding hydrogens is 313 g/mol. The number of carbonyl (C=O) groups excluding carboxylic acids is 1. The predicted molar refractivity (Wildman–Crippen MR) is 99.3 cm³/mol. The maximum Gasteiger partial charge on any atom is 0.524 e. The van der Waals surface area contributed by atoms with Crippen LogP contribution in [0.25, 0.3) is 0 Å². The summed E-state index contributed by atoms with van der Waals surface area (Å²) in [5, 5.41) is 8.84. The van der Waals surface area contributed by atoms with Gasteiger partial charge in [-0.25, -0.2) is 5.26 Å². The zero-order chi connectivity index (χ0) is 18.4. The van der Waals surface area contributed by atoms with Crippen LogP contribution in [-0.4, -0.2) is 18.6 Å². The Morgan fingerprint density at radius 1 is 1.20 bits per heavy atom. The van der Waals surface area contributed by atoms with E-state index in [4.69, 9.17) is 15.7 Å². The fourth-order valence-corrected chi connectivity index (χ4v) is 2.39. The Kier molecular flexibility index (Phi) is 5.88. The Labute approximate surface area is 147 Å². The zero-order valence-electron chi connectivity index (χ0n) is 14.0. The van der Waals surface area contributed by atoms with Crippen LogP contribution in [0.3, 0.4) is 0 Å². The molecule has 1 aliphatic heterocycles. The lowest BCUT2D eigenvalue weighted by Crippen LogP contribution is -2.16. The minimum Gasteiger partial charge on any atom is -0.413 e. The molecule has 0 bridgehead atoms. The molecule has 124 valence electrons. The molecular formula is C19H18BN3O2. The molecule has 2 aromatic rings. The smallest absolute Gasteiger partial charge is 0.413 e. The maximum absolute atomic E-state index is 11.5. The summed E-state index contributed by atoms with van der Waals surface area (Å²) in [4.78, 5) is 15.5. The van der Waals surface area contributed by atoms with Gasteiger partial charge in [-0.2, -0.15) is 0 Å². The number of hydrogen-bond donors (Lipinski definition) is 1. The second-order valence-electron chi connectivity index (χ2n) is 5.40. The third kappa shape index (κ3) is 4.03. The van der Waals surface area contributed by atoms with Crippen molar-refractivity contribution in [1.29, 1.82) is 5.26 Å². The van der Waals surface area contributed by atoms with Crippen LogP contribution in [0.15, 0.2) is 66.6 Å². The van der Waals surface area contributed by atoms with E-state index in [1.165, 1.54) is 5.56 Å². The number of carbonyl (C=O) groups is 1. The van der Waals surface area contributed by atoms with E-state index < -0.39 is 12.7 Å². The molecule has 0 spiro atoms. The van der Waals surface area contributed by atoms with Gasteiger partial charge in [0, 0.05) is 5.56 Å². The van der Waals surface area contributed by atoms with Gasteiger partial charge in [0.25, 0.3) is 0 Å². The standard InChI is InChI=1S/C17H14BN3O2.C2H4/c1-11-5-7-12(8-6-11)15(20)13-3-2-4-14(9-13)16-21-18(10-19)17(22)23-16;1-2/h2-9,15H,20H2,1H3;1-2H2. The van der Waals surface area contributed by atoms with Gasteiger partial charge in [0.05, 0.1) is 12.0 Å². The van der Waals surface area contributed by atoms with Crippen molar-refractivity contribution in [2.45, 2.75) is 13.0 Å². The van der Waals surface area contributed by atoms with Gasteiger partial charge in [-0.3, -0.25) is 9.70 Å². The first-order valence-corrected chi connectivity index (χ1v) is 7.70. The summed E-state index contributed by atoms with van der Waals surface area (Å²) in [5.74, 6) is 1.32. The monoisotopic (exact) mass is 331 g/mol. The number of aryl methyl sites for hydroxylation is 1. The third-order valence-electron chi connectivity index (χ3n) is 3.72. The normalized spacial score (nSPS) is 13.9. The SMILES string of the molecule is C=C.Cc1ccc(C(N)c2cccc(C3=NB(C#N)C(=O)O3)c2)cc1. The molecule has 0 saturated heterocycles. The molecule has 2 aromatic carbocycles. The first kappa shape index (κ1) is 18.2. The molecule has 0 radical (unpaired) electrons. The predicted octanol–water partition coefficient (Wildman–Crippen LogP) is 3.38. The van der Waals surface area contributed by atoms with E-state index in [0.29, 0.717) is 5.56 Å². The van der Waals surface area contributed by atoms with E-state index in [1.54, 1.807) is 12.0 Å². The van der Waals surface area contributed by atoms with Crippen molar-refractivity contribution in [3.63, 3.8) is 0 Å². The fourth-order valence-electron chi connectivity index (χ4n) is 2.39. The van der Waals surface area contributed by atoms with Crippen LogP contribution in [0.1, 0.15) is 28.3 Å². The molecule has 3 rings (SSSR count). The minimum atomic E-state index is -1.08. The average Bonchev–Trinajstić information content (AvgIpc) is 3.04. The summed E-state index contributed by atoms with van der Waals surface area (Å²) in [5.41, 5.74) is 9.99. The molecule has 0 aromatic heterocycles. The molecule has 1 atom stereocenters. The van der Waals surface area contributed by atoms with E-state index >= 15 is 0 Å². The summed E-state index contributed by atoms with van der Waals surface area (Å²) in [6.45, 7) is 6.94. The molecule has 1 unspecified atom stereocenters. The molecule has 6 heteroatoms. The van der Waals surface area contributed by atoms with Crippen LogP contribution >= 0.6 is 0 Å². The highest BCUT2D eigenvalue weighted by atomic mass is 16.5. The van der Waals surface area contributed by atoms with Gasteiger partial charge >= 0.3 is 12.7 Å². The fraction of sp³-hybridized carbons (Fsp3) is 0.105. The third-order valence-corrected chi connectivity index (χ3v) is 3.72. The van der Waals surface area contributed by atoms with Gasteiger partial charge in [-0.1, -0.05) is 42.0 Å². The zero-order valence-corrected chi connectivity index (χ0v) is 14.0. The second kappa shape index (κ2) is 8.09. The van der Waals surface area contributed by atoms with Crippen LogP contribution in [0.5, 0.6) is 0 Å².